The van der Waals surface area contributed by atoms with E-state index in [1.807, 2.05) is 0 Å². The van der Waals surface area contributed by atoms with Crippen LogP contribution in [0.25, 0.3) is 0 Å². The number of anilines is 1. The van der Waals surface area contributed by atoms with Crippen molar-refractivity contribution in [1.29, 1.82) is 0 Å². The fourth-order valence-corrected chi connectivity index (χ4v) is 1.89. The van der Waals surface area contributed by atoms with Gasteiger partial charge in [0.15, 0.2) is 0 Å². The molecule has 2 aromatic carbocycles. The van der Waals surface area contributed by atoms with Gasteiger partial charge in [-0.2, -0.15) is 0 Å². The molecular formula is C15H12ClFN2O3. The Morgan fingerprint density at radius 3 is 2.32 bits per heavy atom. The van der Waals surface area contributed by atoms with Gasteiger partial charge in [-0.15, -0.1) is 0 Å². The number of nitrogens with two attached hydrogens (primary N) is 2. The first-order valence-corrected chi connectivity index (χ1v) is 6.57. The van der Waals surface area contributed by atoms with Crippen LogP contribution in [0.5, 0.6) is 0 Å². The highest BCUT2D eigenvalue weighted by Gasteiger charge is 2.23. The van der Waals surface area contributed by atoms with Crippen LogP contribution in [0.2, 0.25) is 5.02 Å². The molecule has 7 heteroatoms. The number of primary amides is 1. The van der Waals surface area contributed by atoms with Gasteiger partial charge in [-0.1, -0.05) is 23.7 Å². The minimum atomic E-state index is -1.33. The van der Waals surface area contributed by atoms with E-state index < -0.39 is 23.8 Å². The highest BCUT2D eigenvalue weighted by atomic mass is 35.5. The molecule has 22 heavy (non-hydrogen) atoms. The number of esters is 1. The quantitative estimate of drug-likeness (QED) is 0.667. The maximum atomic E-state index is 12.9. The standard InChI is InChI=1S/C15H12ClFN2O3/c16-11-6-3-9(7-12(11)18)15(21)22-13(14(19)20)8-1-4-10(17)5-2-8/h1-7,13H,18H2,(H2,19,20). The highest BCUT2D eigenvalue weighted by molar-refractivity contribution is 6.33. The van der Waals surface area contributed by atoms with Gasteiger partial charge < -0.3 is 16.2 Å². The van der Waals surface area contributed by atoms with Crippen LogP contribution in [0.4, 0.5) is 10.1 Å². The van der Waals surface area contributed by atoms with E-state index in [1.54, 1.807) is 0 Å². The van der Waals surface area contributed by atoms with Crippen LogP contribution in [0.3, 0.4) is 0 Å². The highest BCUT2D eigenvalue weighted by Crippen LogP contribution is 2.23. The van der Waals surface area contributed by atoms with Gasteiger partial charge in [0.05, 0.1) is 16.3 Å². The van der Waals surface area contributed by atoms with Crippen molar-refractivity contribution in [2.24, 2.45) is 5.73 Å². The van der Waals surface area contributed by atoms with Crippen LogP contribution in [0, 0.1) is 5.82 Å². The van der Waals surface area contributed by atoms with Crippen LogP contribution >= 0.6 is 11.6 Å². The van der Waals surface area contributed by atoms with Crippen LogP contribution in [0.15, 0.2) is 42.5 Å². The molecule has 0 radical (unpaired) electrons. The van der Waals surface area contributed by atoms with Gasteiger partial charge in [-0.05, 0) is 30.3 Å². The molecule has 2 aromatic rings. The topological polar surface area (TPSA) is 95.4 Å². The zero-order chi connectivity index (χ0) is 16.3. The lowest BCUT2D eigenvalue weighted by molar-refractivity contribution is -0.127. The van der Waals surface area contributed by atoms with E-state index in [4.69, 9.17) is 27.8 Å². The van der Waals surface area contributed by atoms with Gasteiger partial charge in [0.2, 0.25) is 6.10 Å². The Morgan fingerprint density at radius 2 is 1.77 bits per heavy atom. The minimum Gasteiger partial charge on any atom is -0.444 e. The SMILES string of the molecule is NC(=O)C(OC(=O)c1ccc(Cl)c(N)c1)c1ccc(F)cc1. The average molecular weight is 323 g/mol. The van der Waals surface area contributed by atoms with E-state index in [0.29, 0.717) is 5.02 Å². The normalized spacial score (nSPS) is 11.7. The van der Waals surface area contributed by atoms with Crippen LogP contribution in [0.1, 0.15) is 22.0 Å². The van der Waals surface area contributed by atoms with Crippen molar-refractivity contribution in [3.63, 3.8) is 0 Å². The van der Waals surface area contributed by atoms with E-state index in [2.05, 4.69) is 0 Å². The number of hydrogen-bond acceptors (Lipinski definition) is 4. The molecule has 1 amide bonds. The number of rotatable bonds is 4. The molecule has 0 saturated heterocycles. The summed E-state index contributed by atoms with van der Waals surface area (Å²) in [6.07, 6.45) is -1.33. The first kappa shape index (κ1) is 15.8. The Bertz CT molecular complexity index is 719. The largest absolute Gasteiger partial charge is 0.444 e. The molecule has 0 aliphatic rings. The molecule has 0 aliphatic carbocycles. The Balaban J connectivity index is 2.24. The number of amides is 1. The first-order valence-electron chi connectivity index (χ1n) is 6.19. The maximum Gasteiger partial charge on any atom is 0.339 e. The van der Waals surface area contributed by atoms with Crippen molar-refractivity contribution in [1.82, 2.24) is 0 Å². The lowest BCUT2D eigenvalue weighted by Crippen LogP contribution is -2.26. The molecule has 0 saturated carbocycles. The lowest BCUT2D eigenvalue weighted by atomic mass is 10.1. The minimum absolute atomic E-state index is 0.121. The summed E-state index contributed by atoms with van der Waals surface area (Å²) in [5.74, 6) is -2.15. The van der Waals surface area contributed by atoms with Gasteiger partial charge in [0, 0.05) is 5.56 Å². The second-order valence-corrected chi connectivity index (χ2v) is 4.88. The van der Waals surface area contributed by atoms with Crippen LogP contribution < -0.4 is 11.5 Å². The molecule has 0 aromatic heterocycles. The summed E-state index contributed by atoms with van der Waals surface area (Å²) in [5, 5.41) is 0.293. The number of hydrogen-bond donors (Lipinski definition) is 2. The number of benzene rings is 2. The first-order chi connectivity index (χ1) is 10.4. The lowest BCUT2D eigenvalue weighted by Gasteiger charge is -2.15. The molecule has 0 bridgehead atoms. The van der Waals surface area contributed by atoms with Crippen molar-refractivity contribution >= 4 is 29.2 Å². The third kappa shape index (κ3) is 3.53. The third-order valence-corrected chi connectivity index (χ3v) is 3.23. The van der Waals surface area contributed by atoms with Crippen molar-refractivity contribution in [2.75, 3.05) is 5.73 Å². The molecule has 0 fully saturated rings. The molecule has 1 unspecified atom stereocenters. The van der Waals surface area contributed by atoms with Crippen molar-refractivity contribution < 1.29 is 18.7 Å². The Labute approximate surface area is 130 Å². The zero-order valence-corrected chi connectivity index (χ0v) is 12.0. The summed E-state index contributed by atoms with van der Waals surface area (Å²) in [6.45, 7) is 0. The van der Waals surface area contributed by atoms with E-state index in [-0.39, 0.29) is 16.8 Å². The van der Waals surface area contributed by atoms with Crippen LogP contribution in [-0.2, 0) is 9.53 Å². The predicted octanol–water partition coefficient (Wildman–Crippen LogP) is 2.44. The molecule has 2 rings (SSSR count). The molecule has 0 spiro atoms. The molecule has 1 atom stereocenters. The number of carbonyl (C=O) groups excluding carboxylic acids is 2. The second-order valence-electron chi connectivity index (χ2n) is 4.48. The molecule has 4 N–H and O–H groups in total. The summed E-state index contributed by atoms with van der Waals surface area (Å²) >= 11 is 5.77. The predicted molar refractivity (Wildman–Crippen MR) is 79.6 cm³/mol. The summed E-state index contributed by atoms with van der Waals surface area (Å²) in [5.41, 5.74) is 11.4. The summed E-state index contributed by atoms with van der Waals surface area (Å²) < 4.78 is 18.0. The Kier molecular flexibility index (Phi) is 4.62. The fourth-order valence-electron chi connectivity index (χ4n) is 1.77. The maximum absolute atomic E-state index is 12.9. The molecule has 0 aliphatic heterocycles. The third-order valence-electron chi connectivity index (χ3n) is 2.89. The molecule has 0 heterocycles. The average Bonchev–Trinajstić information content (AvgIpc) is 2.48. The van der Waals surface area contributed by atoms with E-state index in [0.717, 1.165) is 12.1 Å². The van der Waals surface area contributed by atoms with E-state index in [1.165, 1.54) is 30.3 Å². The van der Waals surface area contributed by atoms with Gasteiger partial charge in [-0.3, -0.25) is 4.79 Å². The van der Waals surface area contributed by atoms with Crippen molar-refractivity contribution in [2.45, 2.75) is 6.10 Å². The van der Waals surface area contributed by atoms with Crippen molar-refractivity contribution in [3.8, 4) is 0 Å². The number of ether oxygens (including phenoxy) is 1. The van der Waals surface area contributed by atoms with E-state index >= 15 is 0 Å². The van der Waals surface area contributed by atoms with Gasteiger partial charge >= 0.3 is 5.97 Å². The molecule has 114 valence electrons. The summed E-state index contributed by atoms with van der Waals surface area (Å²) in [7, 11) is 0. The van der Waals surface area contributed by atoms with Crippen molar-refractivity contribution in [3.05, 3.63) is 64.4 Å². The monoisotopic (exact) mass is 322 g/mol. The second kappa shape index (κ2) is 6.44. The van der Waals surface area contributed by atoms with Crippen LogP contribution in [-0.4, -0.2) is 11.9 Å². The van der Waals surface area contributed by atoms with Gasteiger partial charge in [-0.25, -0.2) is 9.18 Å². The number of nitrogen functional groups attached to an aromatic ring is 1. The number of carbonyl (C=O) groups is 2. The Morgan fingerprint density at radius 1 is 1.14 bits per heavy atom. The van der Waals surface area contributed by atoms with Gasteiger partial charge in [0.1, 0.15) is 5.82 Å². The summed E-state index contributed by atoms with van der Waals surface area (Å²) in [6, 6.07) is 9.07. The smallest absolute Gasteiger partial charge is 0.339 e. The van der Waals surface area contributed by atoms with E-state index in [9.17, 15) is 14.0 Å². The zero-order valence-electron chi connectivity index (χ0n) is 11.3. The molecular weight excluding hydrogens is 311 g/mol. The fraction of sp³-hybridized carbons (Fsp3) is 0.0667. The Hall–Kier alpha value is -2.60. The van der Waals surface area contributed by atoms with Gasteiger partial charge in [0.25, 0.3) is 5.91 Å². The number of halogens is 2. The molecule has 5 nitrogen and oxygen atoms in total. The summed E-state index contributed by atoms with van der Waals surface area (Å²) in [4.78, 5) is 23.5.